The first-order valence-electron chi connectivity index (χ1n) is 9.67. The van der Waals surface area contributed by atoms with Crippen molar-refractivity contribution in [2.75, 3.05) is 0 Å². The molecule has 2 aromatic rings. The Morgan fingerprint density at radius 3 is 2.04 bits per heavy atom. The SMILES string of the molecule is C/C=C/c1ccc(C#Cc2ccc(CCC3CCCCC3)cc2)cc1. The van der Waals surface area contributed by atoms with Crippen molar-refractivity contribution in [1.29, 1.82) is 0 Å². The molecule has 1 aliphatic carbocycles. The van der Waals surface area contributed by atoms with Gasteiger partial charge in [0.1, 0.15) is 0 Å². The molecule has 0 aromatic heterocycles. The summed E-state index contributed by atoms with van der Waals surface area (Å²) in [6.07, 6.45) is 13.9. The second-order valence-electron chi connectivity index (χ2n) is 7.11. The minimum Gasteiger partial charge on any atom is -0.0871 e. The molecule has 0 N–H and O–H groups in total. The molecular weight excluding hydrogens is 300 g/mol. The lowest BCUT2D eigenvalue weighted by molar-refractivity contribution is 0.339. The summed E-state index contributed by atoms with van der Waals surface area (Å²) in [6.45, 7) is 2.03. The van der Waals surface area contributed by atoms with Crippen LogP contribution in [0.4, 0.5) is 0 Å². The van der Waals surface area contributed by atoms with E-state index in [1.54, 1.807) is 0 Å². The van der Waals surface area contributed by atoms with Gasteiger partial charge in [0.25, 0.3) is 0 Å². The van der Waals surface area contributed by atoms with Crippen molar-refractivity contribution < 1.29 is 0 Å². The van der Waals surface area contributed by atoms with E-state index in [2.05, 4.69) is 72.5 Å². The molecule has 1 aliphatic rings. The predicted octanol–water partition coefficient (Wildman–Crippen LogP) is 6.63. The predicted molar refractivity (Wildman–Crippen MR) is 108 cm³/mol. The number of aryl methyl sites for hydroxylation is 1. The Morgan fingerprint density at radius 1 is 0.840 bits per heavy atom. The van der Waals surface area contributed by atoms with Crippen LogP contribution in [0, 0.1) is 17.8 Å². The standard InChI is InChI=1S/C25H28/c1-2-6-21-9-12-23(13-10-21)15-18-25-19-16-24(17-20-25)14-11-22-7-4-3-5-8-22/h2,6,9-10,12-13,16-17,19-20,22H,3-5,7-8,11,14H2,1H3/b6-2+. The fourth-order valence-corrected chi connectivity index (χ4v) is 3.62. The van der Waals surface area contributed by atoms with Crippen molar-refractivity contribution in [2.24, 2.45) is 5.92 Å². The van der Waals surface area contributed by atoms with E-state index in [9.17, 15) is 0 Å². The fourth-order valence-electron chi connectivity index (χ4n) is 3.62. The zero-order valence-electron chi connectivity index (χ0n) is 15.3. The summed E-state index contributed by atoms with van der Waals surface area (Å²) >= 11 is 0. The molecule has 0 nitrogen and oxygen atoms in total. The lowest BCUT2D eigenvalue weighted by Gasteiger charge is -2.21. The maximum Gasteiger partial charge on any atom is 0.0249 e. The molecule has 0 amide bonds. The molecule has 1 saturated carbocycles. The highest BCUT2D eigenvalue weighted by atomic mass is 14.2. The van der Waals surface area contributed by atoms with E-state index in [4.69, 9.17) is 0 Å². The molecule has 2 aromatic carbocycles. The van der Waals surface area contributed by atoms with Crippen LogP contribution in [0.3, 0.4) is 0 Å². The number of allylic oxidation sites excluding steroid dienone is 1. The summed E-state index contributed by atoms with van der Waals surface area (Å²) < 4.78 is 0. The maximum atomic E-state index is 3.28. The summed E-state index contributed by atoms with van der Waals surface area (Å²) in [5.74, 6) is 7.49. The lowest BCUT2D eigenvalue weighted by Crippen LogP contribution is -2.07. The molecule has 0 atom stereocenters. The van der Waals surface area contributed by atoms with E-state index in [1.807, 2.05) is 6.92 Å². The lowest BCUT2D eigenvalue weighted by atomic mass is 9.85. The van der Waals surface area contributed by atoms with E-state index >= 15 is 0 Å². The fraction of sp³-hybridized carbons (Fsp3) is 0.360. The quantitative estimate of drug-likeness (QED) is 0.552. The number of benzene rings is 2. The highest BCUT2D eigenvalue weighted by molar-refractivity contribution is 5.52. The van der Waals surface area contributed by atoms with Gasteiger partial charge in [0.15, 0.2) is 0 Å². The van der Waals surface area contributed by atoms with Crippen molar-refractivity contribution in [1.82, 2.24) is 0 Å². The zero-order chi connectivity index (χ0) is 17.3. The van der Waals surface area contributed by atoms with Gasteiger partial charge >= 0.3 is 0 Å². The summed E-state index contributed by atoms with van der Waals surface area (Å²) in [6, 6.07) is 17.2. The Morgan fingerprint density at radius 2 is 1.44 bits per heavy atom. The van der Waals surface area contributed by atoms with Crippen LogP contribution in [-0.4, -0.2) is 0 Å². The van der Waals surface area contributed by atoms with Gasteiger partial charge in [0.05, 0.1) is 0 Å². The van der Waals surface area contributed by atoms with E-state index in [1.165, 1.54) is 56.1 Å². The summed E-state index contributed by atoms with van der Waals surface area (Å²) in [5.41, 5.74) is 4.83. The second-order valence-corrected chi connectivity index (χ2v) is 7.11. The summed E-state index contributed by atoms with van der Waals surface area (Å²) in [7, 11) is 0. The Kier molecular flexibility index (Phi) is 6.52. The van der Waals surface area contributed by atoms with E-state index in [-0.39, 0.29) is 0 Å². The van der Waals surface area contributed by atoms with Gasteiger partial charge in [0, 0.05) is 11.1 Å². The first-order chi connectivity index (χ1) is 12.3. The molecule has 1 fully saturated rings. The van der Waals surface area contributed by atoms with Gasteiger partial charge in [-0.25, -0.2) is 0 Å². The molecule has 0 aliphatic heterocycles. The van der Waals surface area contributed by atoms with Crippen LogP contribution < -0.4 is 0 Å². The molecule has 0 bridgehead atoms. The summed E-state index contributed by atoms with van der Waals surface area (Å²) in [5, 5.41) is 0. The molecule has 0 heteroatoms. The minimum atomic E-state index is 0.957. The van der Waals surface area contributed by atoms with Gasteiger partial charge in [0.2, 0.25) is 0 Å². The van der Waals surface area contributed by atoms with Gasteiger partial charge < -0.3 is 0 Å². The Hall–Kier alpha value is -2.26. The molecule has 0 saturated heterocycles. The molecule has 25 heavy (non-hydrogen) atoms. The average molecular weight is 328 g/mol. The third-order valence-corrected chi connectivity index (χ3v) is 5.14. The van der Waals surface area contributed by atoms with Crippen LogP contribution in [-0.2, 0) is 6.42 Å². The minimum absolute atomic E-state index is 0.957. The monoisotopic (exact) mass is 328 g/mol. The Bertz CT molecular complexity index is 729. The summed E-state index contributed by atoms with van der Waals surface area (Å²) in [4.78, 5) is 0. The Balaban J connectivity index is 1.55. The average Bonchev–Trinajstić information content (AvgIpc) is 2.68. The van der Waals surface area contributed by atoms with Gasteiger partial charge in [-0.3, -0.25) is 0 Å². The second kappa shape index (κ2) is 9.28. The highest BCUT2D eigenvalue weighted by Crippen LogP contribution is 2.27. The number of rotatable bonds is 4. The zero-order valence-corrected chi connectivity index (χ0v) is 15.3. The first-order valence-corrected chi connectivity index (χ1v) is 9.67. The van der Waals surface area contributed by atoms with E-state index in [0.29, 0.717) is 0 Å². The van der Waals surface area contributed by atoms with Crippen molar-refractivity contribution in [3.05, 3.63) is 76.9 Å². The molecular formula is C25H28. The Labute approximate surface area is 153 Å². The van der Waals surface area contributed by atoms with E-state index in [0.717, 1.165) is 17.0 Å². The highest BCUT2D eigenvalue weighted by Gasteiger charge is 2.12. The largest absolute Gasteiger partial charge is 0.0871 e. The van der Waals surface area contributed by atoms with Gasteiger partial charge in [-0.2, -0.15) is 0 Å². The van der Waals surface area contributed by atoms with Crippen molar-refractivity contribution in [3.63, 3.8) is 0 Å². The molecule has 0 heterocycles. The van der Waals surface area contributed by atoms with Crippen LogP contribution in [0.25, 0.3) is 6.08 Å². The molecule has 128 valence electrons. The third kappa shape index (κ3) is 5.64. The number of hydrogen-bond donors (Lipinski definition) is 0. The first kappa shape index (κ1) is 17.6. The molecule has 0 radical (unpaired) electrons. The van der Waals surface area contributed by atoms with Crippen molar-refractivity contribution in [3.8, 4) is 11.8 Å². The van der Waals surface area contributed by atoms with Crippen LogP contribution in [0.2, 0.25) is 0 Å². The number of hydrogen-bond acceptors (Lipinski definition) is 0. The van der Waals surface area contributed by atoms with E-state index < -0.39 is 0 Å². The van der Waals surface area contributed by atoms with Crippen LogP contribution >= 0.6 is 0 Å². The topological polar surface area (TPSA) is 0 Å². The van der Waals surface area contributed by atoms with Gasteiger partial charge in [-0.1, -0.05) is 80.4 Å². The molecule has 0 spiro atoms. The molecule has 3 rings (SSSR count). The van der Waals surface area contributed by atoms with Crippen LogP contribution in [0.15, 0.2) is 54.6 Å². The van der Waals surface area contributed by atoms with Crippen molar-refractivity contribution >= 4 is 6.08 Å². The smallest absolute Gasteiger partial charge is 0.0249 e. The maximum absolute atomic E-state index is 3.28. The van der Waals surface area contributed by atoms with Crippen LogP contribution in [0.1, 0.15) is 67.7 Å². The van der Waals surface area contributed by atoms with Crippen LogP contribution in [0.5, 0.6) is 0 Å². The normalized spacial score (nSPS) is 15.1. The van der Waals surface area contributed by atoms with Crippen molar-refractivity contribution in [2.45, 2.75) is 51.9 Å². The van der Waals surface area contributed by atoms with Gasteiger partial charge in [-0.15, -0.1) is 0 Å². The van der Waals surface area contributed by atoms with Gasteiger partial charge in [-0.05, 0) is 61.1 Å². The third-order valence-electron chi connectivity index (χ3n) is 5.14. The molecule has 0 unspecified atom stereocenters.